The average Bonchev–Trinajstić information content (AvgIpc) is 2.34. The normalized spacial score (nSPS) is 25.9. The Hall–Kier alpha value is -0.120. The van der Waals surface area contributed by atoms with E-state index < -0.39 is 0 Å². The Morgan fingerprint density at radius 3 is 2.75 bits per heavy atom. The van der Waals surface area contributed by atoms with Gasteiger partial charge in [0.25, 0.3) is 0 Å². The summed E-state index contributed by atoms with van der Waals surface area (Å²) in [6.45, 7) is 5.24. The van der Waals surface area contributed by atoms with Crippen molar-refractivity contribution in [3.8, 4) is 0 Å². The molecule has 1 saturated carbocycles. The standard InChI is InChI=1S/C13H27NO2/c1-3-14-9-4-5-10-16-13-8-6-7-12(11-13)15-2/h12-14H,3-11H2,1-2H3. The van der Waals surface area contributed by atoms with Crippen molar-refractivity contribution >= 4 is 0 Å². The van der Waals surface area contributed by atoms with Gasteiger partial charge in [0.05, 0.1) is 12.2 Å². The minimum atomic E-state index is 0.431. The molecule has 0 aromatic heterocycles. The molecule has 2 atom stereocenters. The summed E-state index contributed by atoms with van der Waals surface area (Å²) in [5.41, 5.74) is 0. The van der Waals surface area contributed by atoms with Crippen molar-refractivity contribution in [2.75, 3.05) is 26.8 Å². The van der Waals surface area contributed by atoms with E-state index in [1.54, 1.807) is 0 Å². The lowest BCUT2D eigenvalue weighted by Gasteiger charge is -2.28. The topological polar surface area (TPSA) is 30.5 Å². The van der Waals surface area contributed by atoms with Gasteiger partial charge in [0.1, 0.15) is 0 Å². The minimum Gasteiger partial charge on any atom is -0.381 e. The van der Waals surface area contributed by atoms with Gasteiger partial charge >= 0.3 is 0 Å². The molecule has 0 aromatic rings. The van der Waals surface area contributed by atoms with Crippen LogP contribution in [0.4, 0.5) is 0 Å². The molecule has 1 fully saturated rings. The number of hydrogen-bond donors (Lipinski definition) is 1. The Balaban J connectivity index is 1.95. The first-order chi connectivity index (χ1) is 7.86. The molecule has 0 spiro atoms. The molecule has 1 aliphatic carbocycles. The van der Waals surface area contributed by atoms with Gasteiger partial charge in [-0.1, -0.05) is 6.92 Å². The van der Waals surface area contributed by atoms with Crippen molar-refractivity contribution < 1.29 is 9.47 Å². The van der Waals surface area contributed by atoms with Crippen LogP contribution in [-0.4, -0.2) is 39.0 Å². The zero-order valence-corrected chi connectivity index (χ0v) is 10.8. The highest BCUT2D eigenvalue weighted by atomic mass is 16.5. The van der Waals surface area contributed by atoms with Crippen molar-refractivity contribution in [3.63, 3.8) is 0 Å². The van der Waals surface area contributed by atoms with Crippen LogP contribution >= 0.6 is 0 Å². The zero-order chi connectivity index (χ0) is 11.6. The van der Waals surface area contributed by atoms with Crippen molar-refractivity contribution in [2.24, 2.45) is 0 Å². The predicted molar refractivity (Wildman–Crippen MR) is 66.8 cm³/mol. The lowest BCUT2D eigenvalue weighted by molar-refractivity contribution is -0.0301. The van der Waals surface area contributed by atoms with E-state index in [1.165, 1.54) is 32.1 Å². The van der Waals surface area contributed by atoms with Gasteiger partial charge in [-0.2, -0.15) is 0 Å². The van der Waals surface area contributed by atoms with Gasteiger partial charge in [0, 0.05) is 13.7 Å². The molecule has 0 saturated heterocycles. The molecule has 2 unspecified atom stereocenters. The lowest BCUT2D eigenvalue weighted by atomic mass is 9.95. The molecule has 1 rings (SSSR count). The van der Waals surface area contributed by atoms with E-state index in [1.807, 2.05) is 7.11 Å². The number of rotatable bonds is 8. The molecule has 0 amide bonds. The SMILES string of the molecule is CCNCCCCOC1CCCC(OC)C1. The number of unbranched alkanes of at least 4 members (excludes halogenated alkanes) is 1. The Kier molecular flexibility index (Phi) is 7.81. The van der Waals surface area contributed by atoms with E-state index in [2.05, 4.69) is 12.2 Å². The van der Waals surface area contributed by atoms with E-state index in [0.29, 0.717) is 12.2 Å². The first-order valence-corrected chi connectivity index (χ1v) is 6.72. The Bertz CT molecular complexity index is 164. The third kappa shape index (κ3) is 5.83. The monoisotopic (exact) mass is 229 g/mol. The van der Waals surface area contributed by atoms with Gasteiger partial charge in [-0.05, 0) is 51.6 Å². The molecule has 0 aliphatic heterocycles. The van der Waals surface area contributed by atoms with Crippen LogP contribution in [0, 0.1) is 0 Å². The van der Waals surface area contributed by atoms with Crippen molar-refractivity contribution in [3.05, 3.63) is 0 Å². The van der Waals surface area contributed by atoms with Crippen LogP contribution in [0.1, 0.15) is 45.4 Å². The second kappa shape index (κ2) is 8.97. The van der Waals surface area contributed by atoms with Crippen molar-refractivity contribution in [1.29, 1.82) is 0 Å². The maximum absolute atomic E-state index is 5.89. The van der Waals surface area contributed by atoms with E-state index in [4.69, 9.17) is 9.47 Å². The lowest BCUT2D eigenvalue weighted by Crippen LogP contribution is -2.27. The van der Waals surface area contributed by atoms with Crippen LogP contribution in [0.3, 0.4) is 0 Å². The van der Waals surface area contributed by atoms with Crippen LogP contribution in [0.15, 0.2) is 0 Å². The Morgan fingerprint density at radius 1 is 1.19 bits per heavy atom. The highest BCUT2D eigenvalue weighted by Crippen LogP contribution is 2.23. The molecule has 1 N–H and O–H groups in total. The fourth-order valence-corrected chi connectivity index (χ4v) is 2.25. The third-order valence-electron chi connectivity index (χ3n) is 3.26. The summed E-state index contributed by atoms with van der Waals surface area (Å²) in [6.07, 6.45) is 8.02. The number of methoxy groups -OCH3 is 1. The summed E-state index contributed by atoms with van der Waals surface area (Å²) in [7, 11) is 1.81. The van der Waals surface area contributed by atoms with Crippen molar-refractivity contribution in [2.45, 2.75) is 57.7 Å². The third-order valence-corrected chi connectivity index (χ3v) is 3.26. The minimum absolute atomic E-state index is 0.431. The molecule has 3 nitrogen and oxygen atoms in total. The summed E-state index contributed by atoms with van der Waals surface area (Å²) >= 11 is 0. The molecule has 0 heterocycles. The van der Waals surface area contributed by atoms with Gasteiger partial charge in [-0.15, -0.1) is 0 Å². The molecular formula is C13H27NO2. The molecule has 0 radical (unpaired) electrons. The summed E-state index contributed by atoms with van der Waals surface area (Å²) in [6, 6.07) is 0. The Morgan fingerprint density at radius 2 is 2.00 bits per heavy atom. The summed E-state index contributed by atoms with van der Waals surface area (Å²) in [5.74, 6) is 0. The molecule has 1 aliphatic rings. The summed E-state index contributed by atoms with van der Waals surface area (Å²) < 4.78 is 11.3. The first-order valence-electron chi connectivity index (χ1n) is 6.72. The molecule has 0 aromatic carbocycles. The van der Waals surface area contributed by atoms with E-state index >= 15 is 0 Å². The first kappa shape index (κ1) is 13.9. The molecular weight excluding hydrogens is 202 g/mol. The maximum atomic E-state index is 5.89. The van der Waals surface area contributed by atoms with Crippen LogP contribution in [-0.2, 0) is 9.47 Å². The van der Waals surface area contributed by atoms with Crippen LogP contribution < -0.4 is 5.32 Å². The van der Waals surface area contributed by atoms with E-state index in [0.717, 1.165) is 26.1 Å². The second-order valence-electron chi connectivity index (χ2n) is 4.58. The van der Waals surface area contributed by atoms with Gasteiger partial charge in [0.2, 0.25) is 0 Å². The maximum Gasteiger partial charge on any atom is 0.0599 e. The fraction of sp³-hybridized carbons (Fsp3) is 1.00. The molecule has 3 heteroatoms. The largest absolute Gasteiger partial charge is 0.381 e. The summed E-state index contributed by atoms with van der Waals surface area (Å²) in [4.78, 5) is 0. The smallest absolute Gasteiger partial charge is 0.0599 e. The van der Waals surface area contributed by atoms with Gasteiger partial charge in [-0.25, -0.2) is 0 Å². The Labute approximate surface area is 99.9 Å². The number of ether oxygens (including phenoxy) is 2. The van der Waals surface area contributed by atoms with Crippen molar-refractivity contribution in [1.82, 2.24) is 5.32 Å². The second-order valence-corrected chi connectivity index (χ2v) is 4.58. The van der Waals surface area contributed by atoms with Gasteiger partial charge in [-0.3, -0.25) is 0 Å². The summed E-state index contributed by atoms with van der Waals surface area (Å²) in [5, 5.41) is 3.33. The average molecular weight is 229 g/mol. The number of hydrogen-bond acceptors (Lipinski definition) is 3. The quantitative estimate of drug-likeness (QED) is 0.648. The van der Waals surface area contributed by atoms with Crippen LogP contribution in [0.2, 0.25) is 0 Å². The van der Waals surface area contributed by atoms with Gasteiger partial charge in [0.15, 0.2) is 0 Å². The highest BCUT2D eigenvalue weighted by molar-refractivity contribution is 4.73. The van der Waals surface area contributed by atoms with E-state index in [-0.39, 0.29) is 0 Å². The van der Waals surface area contributed by atoms with E-state index in [9.17, 15) is 0 Å². The molecule has 0 bridgehead atoms. The number of nitrogens with one attached hydrogen (secondary N) is 1. The fourth-order valence-electron chi connectivity index (χ4n) is 2.25. The molecule has 16 heavy (non-hydrogen) atoms. The zero-order valence-electron chi connectivity index (χ0n) is 10.8. The van der Waals surface area contributed by atoms with Crippen LogP contribution in [0.25, 0.3) is 0 Å². The van der Waals surface area contributed by atoms with Crippen LogP contribution in [0.5, 0.6) is 0 Å². The predicted octanol–water partition coefficient (Wildman–Crippen LogP) is 2.35. The molecule has 96 valence electrons. The highest BCUT2D eigenvalue weighted by Gasteiger charge is 2.21. The van der Waals surface area contributed by atoms with Gasteiger partial charge < -0.3 is 14.8 Å².